The lowest BCUT2D eigenvalue weighted by Crippen LogP contribution is -1.99. The Morgan fingerprint density at radius 3 is 2.22 bits per heavy atom. The van der Waals surface area contributed by atoms with Gasteiger partial charge in [-0.25, -0.2) is 0 Å². The second-order valence-corrected chi connectivity index (χ2v) is 4.77. The Morgan fingerprint density at radius 1 is 0.833 bits per heavy atom. The lowest BCUT2D eigenvalue weighted by Gasteiger charge is -2.06. The van der Waals surface area contributed by atoms with Crippen LogP contribution >= 0.6 is 15.9 Å². The maximum absolute atomic E-state index is 4.09. The van der Waals surface area contributed by atoms with Crippen molar-refractivity contribution in [1.82, 2.24) is 20.4 Å². The van der Waals surface area contributed by atoms with E-state index in [2.05, 4.69) is 42.4 Å². The van der Waals surface area contributed by atoms with Gasteiger partial charge in [-0.05, 0) is 29.8 Å². The van der Waals surface area contributed by atoms with Crippen LogP contribution in [0.3, 0.4) is 0 Å². The summed E-state index contributed by atoms with van der Waals surface area (Å²) in [4.78, 5) is 0. The summed E-state index contributed by atoms with van der Waals surface area (Å²) in [5.74, 6) is 1.12. The molecule has 0 aliphatic rings. The molecule has 5 heteroatoms. The van der Waals surface area contributed by atoms with Crippen LogP contribution in [0.5, 0.6) is 0 Å². The first-order valence-electron chi connectivity index (χ1n) is 5.47. The molecule has 3 rings (SSSR count). The van der Waals surface area contributed by atoms with E-state index in [1.165, 1.54) is 0 Å². The third-order valence-electron chi connectivity index (χ3n) is 2.69. The predicted molar refractivity (Wildman–Crippen MR) is 73.0 cm³/mol. The van der Waals surface area contributed by atoms with Gasteiger partial charge in [-0.3, -0.25) is 0 Å². The summed E-state index contributed by atoms with van der Waals surface area (Å²) in [6.45, 7) is 1.77. The second kappa shape index (κ2) is 4.42. The van der Waals surface area contributed by atoms with Crippen molar-refractivity contribution in [2.75, 3.05) is 0 Å². The van der Waals surface area contributed by atoms with E-state index in [1.54, 1.807) is 6.92 Å². The van der Waals surface area contributed by atoms with Crippen molar-refractivity contribution in [1.29, 1.82) is 0 Å². The molecule has 2 aromatic carbocycles. The van der Waals surface area contributed by atoms with Gasteiger partial charge in [-0.2, -0.15) is 0 Å². The molecular formula is C13H9BrN4. The van der Waals surface area contributed by atoms with E-state index in [0.29, 0.717) is 11.6 Å². The van der Waals surface area contributed by atoms with Crippen molar-refractivity contribution in [3.8, 4) is 11.4 Å². The fourth-order valence-electron chi connectivity index (χ4n) is 1.84. The van der Waals surface area contributed by atoms with Crippen LogP contribution in [0.2, 0.25) is 0 Å². The highest BCUT2D eigenvalue weighted by molar-refractivity contribution is 9.10. The van der Waals surface area contributed by atoms with Crippen LogP contribution in [0, 0.1) is 6.92 Å². The maximum Gasteiger partial charge on any atom is 0.204 e. The van der Waals surface area contributed by atoms with Gasteiger partial charge in [0.15, 0.2) is 5.82 Å². The lowest BCUT2D eigenvalue weighted by molar-refractivity contribution is 0.817. The molecule has 3 aromatic rings. The fraction of sp³-hybridized carbons (Fsp3) is 0.0769. The molecule has 0 radical (unpaired) electrons. The summed E-state index contributed by atoms with van der Waals surface area (Å²) in [6.07, 6.45) is 0. The molecule has 0 aliphatic heterocycles. The zero-order valence-electron chi connectivity index (χ0n) is 9.63. The SMILES string of the molecule is Cc1nnc(-c2ccc(Br)c3ccccc23)nn1. The van der Waals surface area contributed by atoms with Crippen molar-refractivity contribution < 1.29 is 0 Å². The Balaban J connectivity index is 2.30. The van der Waals surface area contributed by atoms with Crippen LogP contribution in [-0.4, -0.2) is 20.4 Å². The molecule has 88 valence electrons. The molecule has 0 unspecified atom stereocenters. The lowest BCUT2D eigenvalue weighted by atomic mass is 10.0. The van der Waals surface area contributed by atoms with E-state index in [1.807, 2.05) is 30.3 Å². The largest absolute Gasteiger partial charge is 0.204 e. The Labute approximate surface area is 112 Å². The smallest absolute Gasteiger partial charge is 0.131 e. The summed E-state index contributed by atoms with van der Waals surface area (Å²) in [7, 11) is 0. The molecule has 0 N–H and O–H groups in total. The van der Waals surface area contributed by atoms with Crippen molar-refractivity contribution >= 4 is 26.7 Å². The third-order valence-corrected chi connectivity index (χ3v) is 3.38. The van der Waals surface area contributed by atoms with Crippen molar-refractivity contribution in [3.05, 3.63) is 46.7 Å². The zero-order chi connectivity index (χ0) is 12.5. The molecule has 0 fully saturated rings. The highest BCUT2D eigenvalue weighted by Crippen LogP contribution is 2.30. The number of hydrogen-bond acceptors (Lipinski definition) is 4. The van der Waals surface area contributed by atoms with E-state index in [4.69, 9.17) is 0 Å². The minimum absolute atomic E-state index is 0.546. The van der Waals surface area contributed by atoms with Gasteiger partial charge in [0.05, 0.1) is 0 Å². The molecule has 0 amide bonds. The monoisotopic (exact) mass is 300 g/mol. The van der Waals surface area contributed by atoms with Gasteiger partial charge in [0, 0.05) is 10.0 Å². The number of fused-ring (bicyclic) bond motifs is 1. The minimum Gasteiger partial charge on any atom is -0.131 e. The molecule has 0 spiro atoms. The summed E-state index contributed by atoms with van der Waals surface area (Å²) in [5.41, 5.74) is 0.939. The summed E-state index contributed by atoms with van der Waals surface area (Å²) < 4.78 is 1.05. The Kier molecular flexibility index (Phi) is 2.76. The number of benzene rings is 2. The Bertz CT molecular complexity index is 710. The maximum atomic E-state index is 4.09. The van der Waals surface area contributed by atoms with Crippen LogP contribution in [0.1, 0.15) is 5.82 Å². The minimum atomic E-state index is 0.546. The number of rotatable bonds is 1. The summed E-state index contributed by atoms with van der Waals surface area (Å²) in [6, 6.07) is 12.1. The zero-order valence-corrected chi connectivity index (χ0v) is 11.2. The average molecular weight is 301 g/mol. The first-order valence-corrected chi connectivity index (χ1v) is 6.26. The number of hydrogen-bond donors (Lipinski definition) is 0. The van der Waals surface area contributed by atoms with E-state index in [-0.39, 0.29) is 0 Å². The van der Waals surface area contributed by atoms with Gasteiger partial charge in [-0.15, -0.1) is 20.4 Å². The number of halogens is 1. The first kappa shape index (κ1) is 11.2. The fourth-order valence-corrected chi connectivity index (χ4v) is 2.32. The molecule has 0 saturated carbocycles. The molecule has 0 bridgehead atoms. The molecule has 0 aliphatic carbocycles. The van der Waals surface area contributed by atoms with Gasteiger partial charge in [0.2, 0.25) is 5.82 Å². The van der Waals surface area contributed by atoms with Gasteiger partial charge in [0.25, 0.3) is 0 Å². The standard InChI is InChI=1S/C13H9BrN4/c1-8-15-17-13(18-16-8)11-6-7-12(14)10-5-3-2-4-9(10)11/h2-7H,1H3. The van der Waals surface area contributed by atoms with Crippen molar-refractivity contribution in [2.24, 2.45) is 0 Å². The van der Waals surface area contributed by atoms with Crippen molar-refractivity contribution in [3.63, 3.8) is 0 Å². The Morgan fingerprint density at radius 2 is 1.50 bits per heavy atom. The van der Waals surface area contributed by atoms with Gasteiger partial charge < -0.3 is 0 Å². The van der Waals surface area contributed by atoms with Crippen LogP contribution in [0.15, 0.2) is 40.9 Å². The second-order valence-electron chi connectivity index (χ2n) is 3.91. The van der Waals surface area contributed by atoms with Crippen LogP contribution in [-0.2, 0) is 0 Å². The van der Waals surface area contributed by atoms with E-state index in [0.717, 1.165) is 20.8 Å². The van der Waals surface area contributed by atoms with Crippen LogP contribution in [0.25, 0.3) is 22.2 Å². The highest BCUT2D eigenvalue weighted by atomic mass is 79.9. The predicted octanol–water partition coefficient (Wildman–Crippen LogP) is 3.16. The highest BCUT2D eigenvalue weighted by Gasteiger charge is 2.09. The van der Waals surface area contributed by atoms with Gasteiger partial charge >= 0.3 is 0 Å². The van der Waals surface area contributed by atoms with Gasteiger partial charge in [0.1, 0.15) is 0 Å². The quantitative estimate of drug-likeness (QED) is 0.693. The van der Waals surface area contributed by atoms with Crippen LogP contribution < -0.4 is 0 Å². The molecule has 0 atom stereocenters. The molecule has 0 saturated heterocycles. The van der Waals surface area contributed by atoms with Crippen molar-refractivity contribution in [2.45, 2.75) is 6.92 Å². The van der Waals surface area contributed by atoms with E-state index >= 15 is 0 Å². The van der Waals surface area contributed by atoms with Crippen LogP contribution in [0.4, 0.5) is 0 Å². The number of nitrogens with zero attached hydrogens (tertiary/aromatic N) is 4. The van der Waals surface area contributed by atoms with E-state index in [9.17, 15) is 0 Å². The number of aromatic nitrogens is 4. The number of aryl methyl sites for hydroxylation is 1. The van der Waals surface area contributed by atoms with Gasteiger partial charge in [-0.1, -0.05) is 40.2 Å². The third kappa shape index (κ3) is 1.86. The average Bonchev–Trinajstić information content (AvgIpc) is 2.41. The Hall–Kier alpha value is -1.88. The topological polar surface area (TPSA) is 51.6 Å². The molecule has 4 nitrogen and oxygen atoms in total. The summed E-state index contributed by atoms with van der Waals surface area (Å²) >= 11 is 3.54. The molecule has 1 heterocycles. The summed E-state index contributed by atoms with van der Waals surface area (Å²) in [5, 5.41) is 18.3. The molecule has 18 heavy (non-hydrogen) atoms. The molecule has 1 aromatic heterocycles. The first-order chi connectivity index (χ1) is 8.75. The van der Waals surface area contributed by atoms with E-state index < -0.39 is 0 Å². The molecular weight excluding hydrogens is 292 g/mol. The normalized spacial score (nSPS) is 10.8.